The maximum absolute atomic E-state index is 13.8. The minimum absolute atomic E-state index is 0.0981. The molecule has 9 heteroatoms. The van der Waals surface area contributed by atoms with Gasteiger partial charge >= 0.3 is 5.91 Å². The van der Waals surface area contributed by atoms with Crippen LogP contribution in [-0.2, 0) is 9.59 Å². The molecule has 0 saturated carbocycles. The summed E-state index contributed by atoms with van der Waals surface area (Å²) in [5.41, 5.74) is 1.24. The van der Waals surface area contributed by atoms with E-state index in [4.69, 9.17) is 9.47 Å². The Hall–Kier alpha value is -4.24. The molecule has 1 saturated heterocycles. The standard InChI is InChI=1S/C27H21FN2O5S/c1-3-35-17-11-8-15(9-12-17)24(31)22-23(18-6-4-5-7-20(18)34-2)30(26(33)25(22)32)27-29-19-13-10-16(28)14-21(19)36-27/h4-14,23,31H,3H2,1-2H3/b24-22+/t23-/m0/s1. The van der Waals surface area contributed by atoms with Gasteiger partial charge in [-0.1, -0.05) is 29.5 Å². The zero-order chi connectivity index (χ0) is 25.4. The van der Waals surface area contributed by atoms with Crippen molar-refractivity contribution in [2.45, 2.75) is 13.0 Å². The van der Waals surface area contributed by atoms with Crippen LogP contribution in [0.25, 0.3) is 16.0 Å². The van der Waals surface area contributed by atoms with Crippen LogP contribution in [0.2, 0.25) is 0 Å². The summed E-state index contributed by atoms with van der Waals surface area (Å²) in [5.74, 6) is -1.43. The monoisotopic (exact) mass is 504 g/mol. The summed E-state index contributed by atoms with van der Waals surface area (Å²) in [6.07, 6.45) is 0. The average Bonchev–Trinajstić information content (AvgIpc) is 3.41. The van der Waals surface area contributed by atoms with Gasteiger partial charge in [-0.15, -0.1) is 0 Å². The highest BCUT2D eigenvalue weighted by molar-refractivity contribution is 7.22. The molecule has 0 bridgehead atoms. The van der Waals surface area contributed by atoms with Crippen LogP contribution >= 0.6 is 11.3 Å². The molecular weight excluding hydrogens is 483 g/mol. The van der Waals surface area contributed by atoms with Crippen LogP contribution in [0.15, 0.2) is 72.3 Å². The average molecular weight is 505 g/mol. The van der Waals surface area contributed by atoms with Gasteiger partial charge in [0.2, 0.25) is 0 Å². The predicted octanol–water partition coefficient (Wildman–Crippen LogP) is 5.47. The lowest BCUT2D eigenvalue weighted by atomic mass is 9.94. The Labute approximate surface area is 210 Å². The smallest absolute Gasteiger partial charge is 0.301 e. The number of Topliss-reactive ketones (excluding diaryl/α,β-unsaturated/α-hetero) is 1. The van der Waals surface area contributed by atoms with Gasteiger partial charge in [-0.05, 0) is 55.5 Å². The van der Waals surface area contributed by atoms with Gasteiger partial charge < -0.3 is 14.6 Å². The Bertz CT molecular complexity index is 1510. The number of carbonyl (C=O) groups excluding carboxylic acids is 2. The lowest BCUT2D eigenvalue weighted by Gasteiger charge is -2.24. The Kier molecular flexibility index (Phi) is 6.15. The fourth-order valence-corrected chi connectivity index (χ4v) is 5.25. The SMILES string of the molecule is CCOc1ccc(/C(O)=C2\C(=O)C(=O)N(c3nc4ccc(F)cc4s3)[C@H]2c2ccccc2OC)cc1. The molecule has 182 valence electrons. The van der Waals surface area contributed by atoms with Crippen molar-refractivity contribution in [2.24, 2.45) is 0 Å². The topological polar surface area (TPSA) is 89.0 Å². The van der Waals surface area contributed by atoms with E-state index in [1.165, 1.54) is 30.2 Å². The number of hydrogen-bond acceptors (Lipinski definition) is 7. The van der Waals surface area contributed by atoms with Crippen molar-refractivity contribution >= 4 is 44.1 Å². The van der Waals surface area contributed by atoms with Gasteiger partial charge in [0.05, 0.1) is 29.5 Å². The molecule has 3 aromatic carbocycles. The first-order valence-electron chi connectivity index (χ1n) is 11.2. The maximum Gasteiger partial charge on any atom is 0.301 e. The fraction of sp³-hybridized carbons (Fsp3) is 0.148. The molecule has 0 aliphatic carbocycles. The van der Waals surface area contributed by atoms with Crippen LogP contribution in [0.1, 0.15) is 24.1 Å². The summed E-state index contributed by atoms with van der Waals surface area (Å²) < 4.78 is 25.3. The molecule has 4 aromatic rings. The van der Waals surface area contributed by atoms with E-state index in [9.17, 15) is 19.1 Å². The van der Waals surface area contributed by atoms with E-state index in [0.29, 0.717) is 39.4 Å². The van der Waals surface area contributed by atoms with Gasteiger partial charge in [0.15, 0.2) is 5.13 Å². The van der Waals surface area contributed by atoms with Gasteiger partial charge in [0.1, 0.15) is 29.1 Å². The van der Waals surface area contributed by atoms with Gasteiger partial charge in [0.25, 0.3) is 5.78 Å². The van der Waals surface area contributed by atoms with Crippen molar-refractivity contribution in [3.8, 4) is 11.5 Å². The number of rotatable bonds is 6. The first kappa shape index (κ1) is 23.5. The van der Waals surface area contributed by atoms with Gasteiger partial charge in [0, 0.05) is 11.1 Å². The minimum Gasteiger partial charge on any atom is -0.507 e. The zero-order valence-electron chi connectivity index (χ0n) is 19.4. The number of ketones is 1. The normalized spacial score (nSPS) is 17.1. The van der Waals surface area contributed by atoms with Crippen LogP contribution in [0, 0.1) is 5.82 Å². The highest BCUT2D eigenvalue weighted by atomic mass is 32.1. The molecule has 1 N–H and O–H groups in total. The highest BCUT2D eigenvalue weighted by Crippen LogP contribution is 2.46. The quantitative estimate of drug-likeness (QED) is 0.213. The molecule has 2 heterocycles. The number of nitrogens with zero attached hydrogens (tertiary/aromatic N) is 2. The minimum atomic E-state index is -1.02. The number of aliphatic hydroxyl groups is 1. The molecule has 7 nitrogen and oxygen atoms in total. The molecule has 1 aromatic heterocycles. The van der Waals surface area contributed by atoms with E-state index < -0.39 is 23.5 Å². The fourth-order valence-electron chi connectivity index (χ4n) is 4.24. The first-order chi connectivity index (χ1) is 17.4. The lowest BCUT2D eigenvalue weighted by Crippen LogP contribution is -2.29. The van der Waals surface area contributed by atoms with Crippen LogP contribution in [0.3, 0.4) is 0 Å². The number of amides is 1. The van der Waals surface area contributed by atoms with Crippen molar-refractivity contribution in [2.75, 3.05) is 18.6 Å². The molecule has 1 amide bonds. The van der Waals surface area contributed by atoms with E-state index in [-0.39, 0.29) is 16.5 Å². The van der Waals surface area contributed by atoms with Gasteiger partial charge in [-0.25, -0.2) is 9.37 Å². The number of ether oxygens (including phenoxy) is 2. The molecule has 5 rings (SSSR count). The van der Waals surface area contributed by atoms with Crippen molar-refractivity contribution < 1.29 is 28.6 Å². The number of methoxy groups -OCH3 is 1. The summed E-state index contributed by atoms with van der Waals surface area (Å²) in [6, 6.07) is 16.6. The van der Waals surface area contributed by atoms with Crippen molar-refractivity contribution in [1.29, 1.82) is 0 Å². The van der Waals surface area contributed by atoms with Gasteiger partial charge in [-0.2, -0.15) is 0 Å². The summed E-state index contributed by atoms with van der Waals surface area (Å²) >= 11 is 1.08. The Morgan fingerprint density at radius 3 is 2.58 bits per heavy atom. The van der Waals surface area contributed by atoms with E-state index >= 15 is 0 Å². The molecule has 1 fully saturated rings. The summed E-state index contributed by atoms with van der Waals surface area (Å²) in [5, 5.41) is 11.5. The largest absolute Gasteiger partial charge is 0.507 e. The lowest BCUT2D eigenvalue weighted by molar-refractivity contribution is -0.132. The van der Waals surface area contributed by atoms with E-state index in [2.05, 4.69) is 4.98 Å². The summed E-state index contributed by atoms with van der Waals surface area (Å²) in [7, 11) is 1.48. The van der Waals surface area contributed by atoms with Crippen LogP contribution in [0.4, 0.5) is 9.52 Å². The van der Waals surface area contributed by atoms with Crippen molar-refractivity contribution in [3.05, 3.63) is 89.2 Å². The molecule has 36 heavy (non-hydrogen) atoms. The van der Waals surface area contributed by atoms with E-state index in [1.807, 2.05) is 6.92 Å². The third kappa shape index (κ3) is 3.97. The van der Waals surface area contributed by atoms with Crippen LogP contribution in [0.5, 0.6) is 11.5 Å². The zero-order valence-corrected chi connectivity index (χ0v) is 20.2. The number of thiazole rings is 1. The summed E-state index contributed by atoms with van der Waals surface area (Å²) in [6.45, 7) is 2.34. The molecule has 1 aliphatic heterocycles. The second-order valence-corrected chi connectivity index (χ2v) is 8.99. The number of hydrogen-bond donors (Lipinski definition) is 1. The summed E-state index contributed by atoms with van der Waals surface area (Å²) in [4.78, 5) is 32.5. The van der Waals surface area contributed by atoms with Crippen molar-refractivity contribution in [1.82, 2.24) is 4.98 Å². The number of carbonyl (C=O) groups is 2. The number of aromatic nitrogens is 1. The van der Waals surface area contributed by atoms with Crippen LogP contribution < -0.4 is 14.4 Å². The predicted molar refractivity (Wildman–Crippen MR) is 135 cm³/mol. The van der Waals surface area contributed by atoms with Gasteiger partial charge in [-0.3, -0.25) is 14.5 Å². The highest BCUT2D eigenvalue weighted by Gasteiger charge is 2.49. The third-order valence-corrected chi connectivity index (χ3v) is 6.88. The van der Waals surface area contributed by atoms with E-state index in [1.54, 1.807) is 48.5 Å². The van der Waals surface area contributed by atoms with Crippen molar-refractivity contribution in [3.63, 3.8) is 0 Å². The number of fused-ring (bicyclic) bond motifs is 1. The Morgan fingerprint density at radius 1 is 1.11 bits per heavy atom. The van der Waals surface area contributed by atoms with Crippen LogP contribution in [-0.4, -0.2) is 35.5 Å². The molecule has 0 spiro atoms. The number of para-hydroxylation sites is 1. The number of halogens is 1. The second-order valence-electron chi connectivity index (χ2n) is 7.98. The molecule has 1 atom stereocenters. The molecule has 0 unspecified atom stereocenters. The molecule has 0 radical (unpaired) electrons. The Balaban J connectivity index is 1.71. The second kappa shape index (κ2) is 9.43. The van der Waals surface area contributed by atoms with E-state index in [0.717, 1.165) is 11.3 Å². The number of anilines is 1. The Morgan fingerprint density at radius 2 is 1.86 bits per heavy atom. The first-order valence-corrected chi connectivity index (χ1v) is 12.0. The molecule has 1 aliphatic rings. The third-order valence-electron chi connectivity index (χ3n) is 5.86. The number of benzene rings is 3. The number of aliphatic hydroxyl groups excluding tert-OH is 1. The maximum atomic E-state index is 13.8. The molecular formula is C27H21FN2O5S.